The minimum Gasteiger partial charge on any atom is -0.479 e. The van der Waals surface area contributed by atoms with Crippen molar-refractivity contribution >= 4 is 23.6 Å². The first-order valence-corrected chi connectivity index (χ1v) is 10.9. The highest BCUT2D eigenvalue weighted by Crippen LogP contribution is 2.37. The fraction of sp³-hybridized carbons (Fsp3) is 0.625. The zero-order valence-corrected chi connectivity index (χ0v) is 19.5. The van der Waals surface area contributed by atoms with E-state index in [0.29, 0.717) is 11.1 Å². The summed E-state index contributed by atoms with van der Waals surface area (Å²) in [6, 6.07) is 2.08. The van der Waals surface area contributed by atoms with E-state index in [1.165, 1.54) is 6.21 Å². The molecule has 3 heterocycles. The summed E-state index contributed by atoms with van der Waals surface area (Å²) in [5.41, 5.74) is 1.52. The predicted octanol–water partition coefficient (Wildman–Crippen LogP) is 3.83. The van der Waals surface area contributed by atoms with Crippen LogP contribution in [0.2, 0.25) is 0 Å². The summed E-state index contributed by atoms with van der Waals surface area (Å²) < 4.78 is 5.65. The average molecular weight is 430 g/mol. The second-order valence-corrected chi connectivity index (χ2v) is 10.5. The Labute approximate surface area is 184 Å². The van der Waals surface area contributed by atoms with Crippen LogP contribution in [0.15, 0.2) is 23.3 Å². The molecule has 7 heteroatoms. The van der Waals surface area contributed by atoms with E-state index in [0.717, 1.165) is 42.9 Å². The van der Waals surface area contributed by atoms with E-state index in [2.05, 4.69) is 34.8 Å². The van der Waals surface area contributed by atoms with Crippen LogP contribution in [0, 0.1) is 12.3 Å². The molecular weight excluding hydrogens is 394 g/mol. The molecule has 0 amide bonds. The monoisotopic (exact) mass is 429 g/mol. The summed E-state index contributed by atoms with van der Waals surface area (Å²) in [6.07, 6.45) is 5.83. The van der Waals surface area contributed by atoms with Gasteiger partial charge < -0.3 is 19.8 Å². The first-order chi connectivity index (χ1) is 14.3. The van der Waals surface area contributed by atoms with Crippen molar-refractivity contribution in [2.75, 3.05) is 18.0 Å². The number of carbonyl (C=O) groups is 1. The molecule has 31 heavy (non-hydrogen) atoms. The van der Waals surface area contributed by atoms with E-state index in [1.807, 2.05) is 13.1 Å². The lowest BCUT2D eigenvalue weighted by Gasteiger charge is -2.39. The van der Waals surface area contributed by atoms with E-state index in [-0.39, 0.29) is 6.42 Å². The summed E-state index contributed by atoms with van der Waals surface area (Å²) in [7, 11) is 0. The molecule has 1 saturated heterocycles. The second kappa shape index (κ2) is 8.36. The van der Waals surface area contributed by atoms with Gasteiger partial charge in [0.15, 0.2) is 6.10 Å². The zero-order chi connectivity index (χ0) is 23.0. The third kappa shape index (κ3) is 5.52. The first kappa shape index (κ1) is 23.4. The van der Waals surface area contributed by atoms with E-state index < -0.39 is 23.3 Å². The average Bonchev–Trinajstić information content (AvgIpc) is 2.66. The molecule has 7 nitrogen and oxygen atoms in total. The van der Waals surface area contributed by atoms with E-state index in [1.54, 1.807) is 26.8 Å². The van der Waals surface area contributed by atoms with Gasteiger partial charge in [-0.3, -0.25) is 9.98 Å². The third-order valence-electron chi connectivity index (χ3n) is 5.95. The number of aliphatic imine (C=N–C) groups is 1. The van der Waals surface area contributed by atoms with Crippen LogP contribution >= 0.6 is 0 Å². The maximum Gasteiger partial charge on any atom is 0.336 e. The highest BCUT2D eigenvalue weighted by Gasteiger charge is 2.44. The van der Waals surface area contributed by atoms with Gasteiger partial charge in [-0.15, -0.1) is 0 Å². The highest BCUT2D eigenvalue weighted by atomic mass is 16.5. The van der Waals surface area contributed by atoms with Crippen molar-refractivity contribution < 1.29 is 19.7 Å². The van der Waals surface area contributed by atoms with Gasteiger partial charge in [-0.1, -0.05) is 19.9 Å². The second-order valence-electron chi connectivity index (χ2n) is 10.5. The molecular formula is C24H35N3O4. The van der Waals surface area contributed by atoms with Crippen molar-refractivity contribution in [3.63, 3.8) is 0 Å². The minimum absolute atomic E-state index is 0.0965. The van der Waals surface area contributed by atoms with Crippen molar-refractivity contribution in [1.82, 2.24) is 4.98 Å². The van der Waals surface area contributed by atoms with Crippen molar-refractivity contribution in [2.45, 2.75) is 78.1 Å². The molecule has 2 aliphatic rings. The van der Waals surface area contributed by atoms with E-state index in [4.69, 9.17) is 4.74 Å². The van der Waals surface area contributed by atoms with Crippen LogP contribution in [0.3, 0.4) is 0 Å². The Kier molecular flexibility index (Phi) is 6.31. The molecule has 1 aromatic heterocycles. The standard InChI is InChI=1S/C24H35N3O4/c1-16-13-19(27-11-9-23(5,6)10-12-27)17(14-25-16)18-7-8-24(30,15-26-18)20(21(28)29)31-22(2,3)4/h7,13-15,20,30H,8-12H2,1-6H3,(H,28,29). The SMILES string of the molecule is Cc1cc(N2CCC(C)(C)CC2)c(C2=CCC(O)(C(OC(C)(C)C)C(=O)O)C=N2)cn1. The molecule has 2 N–H and O–H groups in total. The first-order valence-electron chi connectivity index (χ1n) is 10.9. The number of hydrogen-bond acceptors (Lipinski definition) is 6. The molecule has 0 aromatic carbocycles. The lowest BCUT2D eigenvalue weighted by Crippen LogP contribution is -2.53. The number of hydrogen-bond donors (Lipinski definition) is 2. The van der Waals surface area contributed by atoms with E-state index >= 15 is 0 Å². The number of ether oxygens (including phenoxy) is 1. The smallest absolute Gasteiger partial charge is 0.336 e. The summed E-state index contributed by atoms with van der Waals surface area (Å²) in [6.45, 7) is 13.8. The number of aliphatic carboxylic acids is 1. The number of aliphatic hydroxyl groups is 1. The molecule has 0 saturated carbocycles. The summed E-state index contributed by atoms with van der Waals surface area (Å²) >= 11 is 0. The molecule has 170 valence electrons. The predicted molar refractivity (Wildman–Crippen MR) is 122 cm³/mol. The van der Waals surface area contributed by atoms with Crippen molar-refractivity contribution in [3.8, 4) is 0 Å². The molecule has 0 aliphatic carbocycles. The number of nitrogens with zero attached hydrogens (tertiary/aromatic N) is 3. The zero-order valence-electron chi connectivity index (χ0n) is 19.5. The topological polar surface area (TPSA) is 95.2 Å². The number of piperidine rings is 1. The fourth-order valence-corrected chi connectivity index (χ4v) is 3.98. The molecule has 2 unspecified atom stereocenters. The van der Waals surface area contributed by atoms with Gasteiger partial charge in [0.2, 0.25) is 0 Å². The van der Waals surface area contributed by atoms with Crippen LogP contribution in [0.25, 0.3) is 5.70 Å². The number of rotatable bonds is 5. The number of pyridine rings is 1. The molecule has 2 atom stereocenters. The van der Waals surface area contributed by atoms with Gasteiger partial charge in [-0.05, 0) is 52.0 Å². The van der Waals surface area contributed by atoms with E-state index in [9.17, 15) is 15.0 Å². The number of anilines is 1. The number of carboxylic acid groups (broad SMARTS) is 1. The lowest BCUT2D eigenvalue weighted by atomic mass is 9.82. The van der Waals surface area contributed by atoms with Gasteiger partial charge in [0.25, 0.3) is 0 Å². The maximum atomic E-state index is 11.8. The lowest BCUT2D eigenvalue weighted by molar-refractivity contribution is -0.178. The normalized spacial score (nSPS) is 24.6. The van der Waals surface area contributed by atoms with Crippen molar-refractivity contribution in [1.29, 1.82) is 0 Å². The number of aromatic nitrogens is 1. The molecule has 1 fully saturated rings. The van der Waals surface area contributed by atoms with Gasteiger partial charge in [0.1, 0.15) is 5.60 Å². The maximum absolute atomic E-state index is 11.8. The summed E-state index contributed by atoms with van der Waals surface area (Å²) in [5.74, 6) is -1.21. The van der Waals surface area contributed by atoms with Crippen LogP contribution in [-0.2, 0) is 9.53 Å². The Morgan fingerprint density at radius 3 is 2.42 bits per heavy atom. The highest BCUT2D eigenvalue weighted by molar-refractivity contribution is 5.90. The van der Waals surface area contributed by atoms with Gasteiger partial charge in [0.05, 0.1) is 11.3 Å². The third-order valence-corrected chi connectivity index (χ3v) is 5.95. The minimum atomic E-state index is -1.71. The Morgan fingerprint density at radius 2 is 1.90 bits per heavy atom. The molecule has 0 radical (unpaired) electrons. The molecule has 3 rings (SSSR count). The molecule has 1 aromatic rings. The Morgan fingerprint density at radius 1 is 1.26 bits per heavy atom. The van der Waals surface area contributed by atoms with Crippen molar-refractivity contribution in [2.24, 2.45) is 10.4 Å². The number of carboxylic acids is 1. The van der Waals surface area contributed by atoms with Gasteiger partial charge in [0, 0.05) is 48.9 Å². The quantitative estimate of drug-likeness (QED) is 0.739. The largest absolute Gasteiger partial charge is 0.479 e. The van der Waals surface area contributed by atoms with Crippen LogP contribution < -0.4 is 4.90 Å². The fourth-order valence-electron chi connectivity index (χ4n) is 3.98. The Balaban J connectivity index is 1.87. The van der Waals surface area contributed by atoms with Gasteiger partial charge >= 0.3 is 5.97 Å². The molecule has 0 spiro atoms. The molecule has 0 bridgehead atoms. The van der Waals surface area contributed by atoms with Crippen LogP contribution in [0.1, 0.15) is 65.1 Å². The Hall–Kier alpha value is -2.25. The summed E-state index contributed by atoms with van der Waals surface area (Å²) in [4.78, 5) is 23.1. The van der Waals surface area contributed by atoms with Gasteiger partial charge in [-0.25, -0.2) is 4.79 Å². The van der Waals surface area contributed by atoms with Crippen LogP contribution in [0.4, 0.5) is 5.69 Å². The van der Waals surface area contributed by atoms with Crippen molar-refractivity contribution in [3.05, 3.63) is 29.6 Å². The van der Waals surface area contributed by atoms with Crippen LogP contribution in [0.5, 0.6) is 0 Å². The van der Waals surface area contributed by atoms with Gasteiger partial charge in [-0.2, -0.15) is 0 Å². The summed E-state index contributed by atoms with van der Waals surface area (Å²) in [5, 5.41) is 20.7. The Bertz CT molecular complexity index is 891. The number of aryl methyl sites for hydroxylation is 1. The molecule has 2 aliphatic heterocycles. The van der Waals surface area contributed by atoms with Crippen LogP contribution in [-0.4, -0.2) is 57.8 Å².